The van der Waals surface area contributed by atoms with Gasteiger partial charge in [0.25, 0.3) is 11.6 Å². The Balaban J connectivity index is 1.62. The Morgan fingerprint density at radius 2 is 2.30 bits per heavy atom. The first-order valence-corrected chi connectivity index (χ1v) is 7.87. The van der Waals surface area contributed by atoms with Crippen LogP contribution in [0.25, 0.3) is 4.96 Å². The molecule has 0 bridgehead atoms. The van der Waals surface area contributed by atoms with Crippen molar-refractivity contribution in [3.63, 3.8) is 0 Å². The summed E-state index contributed by atoms with van der Waals surface area (Å²) in [7, 11) is 0. The third-order valence-corrected chi connectivity index (χ3v) is 4.25. The van der Waals surface area contributed by atoms with Gasteiger partial charge in [0.05, 0.1) is 10.6 Å². The second-order valence-electron chi connectivity index (χ2n) is 5.09. The number of amides is 1. The van der Waals surface area contributed by atoms with E-state index in [4.69, 9.17) is 0 Å². The highest BCUT2D eigenvalue weighted by Crippen LogP contribution is 2.19. The van der Waals surface area contributed by atoms with Crippen molar-refractivity contribution in [2.75, 3.05) is 6.54 Å². The number of hydrogen-bond acceptors (Lipinski definition) is 5. The van der Waals surface area contributed by atoms with Crippen LogP contribution in [-0.2, 0) is 6.42 Å². The summed E-state index contributed by atoms with van der Waals surface area (Å²) in [5, 5.41) is 15.6. The van der Waals surface area contributed by atoms with Gasteiger partial charge in [-0.25, -0.2) is 4.98 Å². The number of thiazole rings is 1. The third kappa shape index (κ3) is 3.21. The van der Waals surface area contributed by atoms with E-state index in [9.17, 15) is 14.9 Å². The number of nitrogens with zero attached hydrogens (tertiary/aromatic N) is 3. The number of carbonyl (C=O) groups excluding carboxylic acids is 1. The first-order chi connectivity index (χ1) is 11.0. The molecule has 1 N–H and O–H groups in total. The molecule has 0 saturated heterocycles. The third-order valence-electron chi connectivity index (χ3n) is 3.48. The summed E-state index contributed by atoms with van der Waals surface area (Å²) in [6.45, 7) is 2.07. The van der Waals surface area contributed by atoms with Crippen molar-refractivity contribution in [1.82, 2.24) is 14.7 Å². The lowest BCUT2D eigenvalue weighted by molar-refractivity contribution is -0.385. The number of imidazole rings is 1. The maximum Gasteiger partial charge on any atom is 0.273 e. The van der Waals surface area contributed by atoms with Crippen LogP contribution in [0.15, 0.2) is 36.0 Å². The highest BCUT2D eigenvalue weighted by Gasteiger charge is 2.14. The number of nitrogens with one attached hydrogen (secondary N) is 1. The number of aryl methyl sites for hydroxylation is 1. The summed E-state index contributed by atoms with van der Waals surface area (Å²) in [5.41, 5.74) is 1.66. The topological polar surface area (TPSA) is 89.5 Å². The van der Waals surface area contributed by atoms with Gasteiger partial charge < -0.3 is 5.32 Å². The summed E-state index contributed by atoms with van der Waals surface area (Å²) in [6.07, 6.45) is 4.46. The van der Waals surface area contributed by atoms with Gasteiger partial charge in [-0.15, -0.1) is 11.3 Å². The van der Waals surface area contributed by atoms with Crippen LogP contribution in [0.2, 0.25) is 0 Å². The second kappa shape index (κ2) is 6.17. The van der Waals surface area contributed by atoms with Crippen LogP contribution in [0.1, 0.15) is 21.6 Å². The molecule has 0 unspecified atom stereocenters. The zero-order chi connectivity index (χ0) is 16.4. The van der Waals surface area contributed by atoms with E-state index < -0.39 is 4.92 Å². The van der Waals surface area contributed by atoms with Crippen LogP contribution < -0.4 is 5.32 Å². The van der Waals surface area contributed by atoms with Crippen LogP contribution in [-0.4, -0.2) is 26.8 Å². The summed E-state index contributed by atoms with van der Waals surface area (Å²) in [4.78, 5) is 27.9. The molecular formula is C15H14N4O3S. The number of rotatable bonds is 5. The van der Waals surface area contributed by atoms with E-state index in [1.165, 1.54) is 6.07 Å². The van der Waals surface area contributed by atoms with Gasteiger partial charge in [-0.05, 0) is 13.0 Å². The van der Waals surface area contributed by atoms with E-state index in [0.717, 1.165) is 10.7 Å². The van der Waals surface area contributed by atoms with Crippen LogP contribution in [0.4, 0.5) is 5.69 Å². The van der Waals surface area contributed by atoms with Crippen molar-refractivity contribution in [2.45, 2.75) is 13.3 Å². The number of hydrogen-bond donors (Lipinski definition) is 1. The molecule has 0 radical (unpaired) electrons. The average Bonchev–Trinajstić information content (AvgIpc) is 3.08. The number of aromatic nitrogens is 2. The molecule has 23 heavy (non-hydrogen) atoms. The monoisotopic (exact) mass is 330 g/mol. The van der Waals surface area contributed by atoms with Gasteiger partial charge in [-0.1, -0.05) is 6.07 Å². The molecular weight excluding hydrogens is 316 g/mol. The van der Waals surface area contributed by atoms with Gasteiger partial charge in [0.1, 0.15) is 0 Å². The fraction of sp³-hybridized carbons (Fsp3) is 0.200. The lowest BCUT2D eigenvalue weighted by Gasteiger charge is -2.05. The number of fused-ring (bicyclic) bond motifs is 1. The molecule has 0 fully saturated rings. The molecule has 0 spiro atoms. The molecule has 3 aromatic rings. The number of nitro groups is 1. The number of benzene rings is 1. The minimum atomic E-state index is -0.482. The fourth-order valence-corrected chi connectivity index (χ4v) is 2.97. The Bertz CT molecular complexity index is 855. The van der Waals surface area contributed by atoms with Crippen molar-refractivity contribution >= 4 is 27.9 Å². The van der Waals surface area contributed by atoms with E-state index in [1.807, 2.05) is 22.2 Å². The summed E-state index contributed by atoms with van der Waals surface area (Å²) < 4.78 is 1.94. The van der Waals surface area contributed by atoms with Gasteiger partial charge in [0.2, 0.25) is 0 Å². The van der Waals surface area contributed by atoms with Gasteiger partial charge in [-0.2, -0.15) is 0 Å². The van der Waals surface area contributed by atoms with Gasteiger partial charge in [0.15, 0.2) is 4.96 Å². The first kappa shape index (κ1) is 15.2. The molecule has 1 aromatic carbocycles. The van der Waals surface area contributed by atoms with E-state index >= 15 is 0 Å². The standard InChI is InChI=1S/C15H14N4O3S/c1-10-2-3-11(8-13(10)19(21)22)14(20)16-5-4-12-9-18-6-7-23-15(18)17-12/h2-3,6-9H,4-5H2,1H3,(H,16,20). The first-order valence-electron chi connectivity index (χ1n) is 6.99. The van der Waals surface area contributed by atoms with Crippen molar-refractivity contribution < 1.29 is 9.72 Å². The Kier molecular flexibility index (Phi) is 4.07. The highest BCUT2D eigenvalue weighted by atomic mass is 32.1. The zero-order valence-corrected chi connectivity index (χ0v) is 13.2. The Labute approximate surface area is 135 Å². The summed E-state index contributed by atoms with van der Waals surface area (Å²) in [6, 6.07) is 4.47. The predicted octanol–water partition coefficient (Wildman–Crippen LogP) is 2.58. The molecule has 0 aliphatic heterocycles. The molecule has 8 heteroatoms. The molecule has 118 valence electrons. The largest absolute Gasteiger partial charge is 0.352 e. The van der Waals surface area contributed by atoms with Crippen LogP contribution in [0, 0.1) is 17.0 Å². The Hall–Kier alpha value is -2.74. The second-order valence-corrected chi connectivity index (χ2v) is 5.96. The molecule has 0 atom stereocenters. The molecule has 2 heterocycles. The van der Waals surface area contributed by atoms with E-state index in [1.54, 1.807) is 30.4 Å². The zero-order valence-electron chi connectivity index (χ0n) is 12.4. The SMILES string of the molecule is Cc1ccc(C(=O)NCCc2cn3ccsc3n2)cc1[N+](=O)[O-]. The van der Waals surface area contributed by atoms with Crippen LogP contribution in [0.3, 0.4) is 0 Å². The van der Waals surface area contributed by atoms with Crippen molar-refractivity contribution in [3.05, 3.63) is 62.9 Å². The Morgan fingerprint density at radius 1 is 1.48 bits per heavy atom. The number of nitro benzene ring substituents is 1. The quantitative estimate of drug-likeness (QED) is 0.575. The fourth-order valence-electron chi connectivity index (χ4n) is 2.25. The molecule has 0 saturated carbocycles. The molecule has 0 aliphatic rings. The van der Waals surface area contributed by atoms with Gasteiger partial charge >= 0.3 is 0 Å². The van der Waals surface area contributed by atoms with Gasteiger partial charge in [-0.3, -0.25) is 19.3 Å². The van der Waals surface area contributed by atoms with Crippen LogP contribution in [0.5, 0.6) is 0 Å². The molecule has 0 aliphatic carbocycles. The summed E-state index contributed by atoms with van der Waals surface area (Å²) >= 11 is 1.55. The minimum absolute atomic E-state index is 0.0491. The molecule has 7 nitrogen and oxygen atoms in total. The molecule has 2 aromatic heterocycles. The minimum Gasteiger partial charge on any atom is -0.352 e. The highest BCUT2D eigenvalue weighted by molar-refractivity contribution is 7.15. The predicted molar refractivity (Wildman–Crippen MR) is 86.9 cm³/mol. The number of carbonyl (C=O) groups is 1. The lowest BCUT2D eigenvalue weighted by Crippen LogP contribution is -2.25. The molecule has 3 rings (SSSR count). The van der Waals surface area contributed by atoms with Crippen molar-refractivity contribution in [1.29, 1.82) is 0 Å². The lowest BCUT2D eigenvalue weighted by atomic mass is 10.1. The maximum absolute atomic E-state index is 12.1. The average molecular weight is 330 g/mol. The normalized spacial score (nSPS) is 10.8. The maximum atomic E-state index is 12.1. The van der Waals surface area contributed by atoms with E-state index in [2.05, 4.69) is 10.3 Å². The molecule has 1 amide bonds. The van der Waals surface area contributed by atoms with Crippen molar-refractivity contribution in [3.8, 4) is 0 Å². The smallest absolute Gasteiger partial charge is 0.273 e. The van der Waals surface area contributed by atoms with E-state index in [0.29, 0.717) is 18.5 Å². The Morgan fingerprint density at radius 3 is 3.04 bits per heavy atom. The van der Waals surface area contributed by atoms with Crippen molar-refractivity contribution in [2.24, 2.45) is 0 Å². The van der Waals surface area contributed by atoms with Crippen LogP contribution >= 0.6 is 11.3 Å². The summed E-state index contributed by atoms with van der Waals surface area (Å²) in [5.74, 6) is -0.325. The van der Waals surface area contributed by atoms with Gasteiger partial charge in [0, 0.05) is 47.9 Å². The van der Waals surface area contributed by atoms with E-state index in [-0.39, 0.29) is 17.2 Å².